The van der Waals surface area contributed by atoms with E-state index in [0.717, 1.165) is 5.57 Å². The van der Waals surface area contributed by atoms with Gasteiger partial charge < -0.3 is 5.11 Å². The predicted octanol–water partition coefficient (Wildman–Crippen LogP) is 1.57. The Morgan fingerprint density at radius 3 is 2.55 bits per heavy atom. The summed E-state index contributed by atoms with van der Waals surface area (Å²) in [4.78, 5) is 10.2. The molecule has 0 rings (SSSR count). The fourth-order valence-corrected chi connectivity index (χ4v) is 0.795. The molecule has 0 spiro atoms. The number of hydrogen-bond donors (Lipinski definition) is 1. The quantitative estimate of drug-likeness (QED) is 0.623. The normalized spacial score (nSPS) is 11.6. The number of rotatable bonds is 4. The third kappa shape index (κ3) is 5.16. The van der Waals surface area contributed by atoms with E-state index >= 15 is 0 Å². The lowest BCUT2D eigenvalue weighted by Gasteiger charge is -2.03. The monoisotopic (exact) mass is 153 g/mol. The highest BCUT2D eigenvalue weighted by atomic mass is 16.4. The van der Waals surface area contributed by atoms with Crippen molar-refractivity contribution in [2.75, 3.05) is 0 Å². The summed E-state index contributed by atoms with van der Waals surface area (Å²) >= 11 is 0. The van der Waals surface area contributed by atoms with Crippen LogP contribution in [0.1, 0.15) is 19.8 Å². The van der Waals surface area contributed by atoms with Crippen molar-refractivity contribution in [1.29, 1.82) is 5.26 Å². The zero-order chi connectivity index (χ0) is 8.85. The minimum atomic E-state index is -0.933. The predicted molar refractivity (Wildman–Crippen MR) is 40.8 cm³/mol. The maximum Gasteiger partial charge on any atom is 0.304 e. The van der Waals surface area contributed by atoms with Gasteiger partial charge in [-0.15, -0.1) is 6.58 Å². The van der Waals surface area contributed by atoms with Crippen LogP contribution in [0.15, 0.2) is 12.2 Å². The first kappa shape index (κ1) is 9.70. The molecule has 0 aromatic rings. The van der Waals surface area contributed by atoms with Gasteiger partial charge in [0.25, 0.3) is 0 Å². The van der Waals surface area contributed by atoms with Crippen LogP contribution in [0.25, 0.3) is 0 Å². The minimum Gasteiger partial charge on any atom is -0.481 e. The summed E-state index contributed by atoms with van der Waals surface area (Å²) in [5, 5.41) is 16.8. The van der Waals surface area contributed by atoms with Gasteiger partial charge in [0.1, 0.15) is 0 Å². The summed E-state index contributed by atoms with van der Waals surface area (Å²) < 4.78 is 0. The molecule has 1 unspecified atom stereocenters. The van der Waals surface area contributed by atoms with Gasteiger partial charge in [-0.1, -0.05) is 5.57 Å². The second-order valence-electron chi connectivity index (χ2n) is 2.59. The molecule has 0 fully saturated rings. The number of nitrogens with zero attached hydrogens (tertiary/aromatic N) is 1. The molecule has 0 aromatic carbocycles. The fraction of sp³-hybridized carbons (Fsp3) is 0.500. The third-order valence-electron chi connectivity index (χ3n) is 1.20. The van der Waals surface area contributed by atoms with Gasteiger partial charge in [-0.2, -0.15) is 5.26 Å². The first-order valence-electron chi connectivity index (χ1n) is 3.32. The Morgan fingerprint density at radius 2 is 2.27 bits per heavy atom. The van der Waals surface area contributed by atoms with Crippen molar-refractivity contribution in [3.05, 3.63) is 12.2 Å². The molecule has 0 aliphatic heterocycles. The van der Waals surface area contributed by atoms with Crippen molar-refractivity contribution in [3.8, 4) is 6.07 Å². The molecular weight excluding hydrogens is 142 g/mol. The van der Waals surface area contributed by atoms with Crippen LogP contribution >= 0.6 is 0 Å². The van der Waals surface area contributed by atoms with Crippen molar-refractivity contribution in [2.45, 2.75) is 19.8 Å². The van der Waals surface area contributed by atoms with Crippen LogP contribution in [0, 0.1) is 17.2 Å². The second kappa shape index (κ2) is 4.51. The number of carbonyl (C=O) groups is 1. The molecule has 0 saturated carbocycles. The molecule has 0 radical (unpaired) electrons. The topological polar surface area (TPSA) is 61.1 Å². The van der Waals surface area contributed by atoms with Crippen LogP contribution in [-0.2, 0) is 4.79 Å². The maximum absolute atomic E-state index is 10.2. The molecule has 0 aliphatic carbocycles. The Morgan fingerprint density at radius 1 is 1.73 bits per heavy atom. The maximum atomic E-state index is 10.2. The number of hydrogen-bond acceptors (Lipinski definition) is 2. The summed E-state index contributed by atoms with van der Waals surface area (Å²) in [6.07, 6.45) is 0.381. The number of aliphatic carboxylic acids is 1. The summed E-state index contributed by atoms with van der Waals surface area (Å²) in [5.41, 5.74) is 0.845. The smallest absolute Gasteiger partial charge is 0.304 e. The van der Waals surface area contributed by atoms with E-state index in [9.17, 15) is 4.79 Å². The van der Waals surface area contributed by atoms with Crippen LogP contribution in [0.5, 0.6) is 0 Å². The van der Waals surface area contributed by atoms with E-state index in [-0.39, 0.29) is 6.42 Å². The first-order valence-corrected chi connectivity index (χ1v) is 3.32. The molecule has 0 saturated heterocycles. The average molecular weight is 153 g/mol. The van der Waals surface area contributed by atoms with Crippen LogP contribution in [0.3, 0.4) is 0 Å². The van der Waals surface area contributed by atoms with Gasteiger partial charge >= 0.3 is 5.97 Å². The van der Waals surface area contributed by atoms with Gasteiger partial charge in [0.15, 0.2) is 0 Å². The van der Waals surface area contributed by atoms with E-state index in [1.54, 1.807) is 6.92 Å². The van der Waals surface area contributed by atoms with Crippen molar-refractivity contribution >= 4 is 5.97 Å². The molecule has 11 heavy (non-hydrogen) atoms. The second-order valence-corrected chi connectivity index (χ2v) is 2.59. The Hall–Kier alpha value is -1.30. The molecule has 1 N–H and O–H groups in total. The van der Waals surface area contributed by atoms with Crippen LogP contribution < -0.4 is 0 Å². The SMILES string of the molecule is C=C(C)CC(C#N)CC(=O)O. The fourth-order valence-electron chi connectivity index (χ4n) is 0.795. The van der Waals surface area contributed by atoms with Gasteiger partial charge in [0.05, 0.1) is 18.4 Å². The third-order valence-corrected chi connectivity index (χ3v) is 1.20. The van der Waals surface area contributed by atoms with Crippen LogP contribution in [-0.4, -0.2) is 11.1 Å². The highest BCUT2D eigenvalue weighted by molar-refractivity contribution is 5.67. The van der Waals surface area contributed by atoms with E-state index in [2.05, 4.69) is 6.58 Å². The van der Waals surface area contributed by atoms with Gasteiger partial charge in [0, 0.05) is 0 Å². The molecule has 60 valence electrons. The zero-order valence-electron chi connectivity index (χ0n) is 6.50. The highest BCUT2D eigenvalue weighted by Crippen LogP contribution is 2.12. The van der Waals surface area contributed by atoms with Crippen molar-refractivity contribution in [1.82, 2.24) is 0 Å². The lowest BCUT2D eigenvalue weighted by Crippen LogP contribution is -2.05. The molecule has 3 heteroatoms. The van der Waals surface area contributed by atoms with Crippen molar-refractivity contribution in [3.63, 3.8) is 0 Å². The van der Waals surface area contributed by atoms with Gasteiger partial charge in [-0.05, 0) is 13.3 Å². The summed E-state index contributed by atoms with van der Waals surface area (Å²) in [6, 6.07) is 1.92. The van der Waals surface area contributed by atoms with Crippen LogP contribution in [0.2, 0.25) is 0 Å². The molecule has 3 nitrogen and oxygen atoms in total. The van der Waals surface area contributed by atoms with E-state index in [0.29, 0.717) is 6.42 Å². The average Bonchev–Trinajstić information content (AvgIpc) is 1.84. The molecule has 0 bridgehead atoms. The Labute approximate surface area is 66.0 Å². The highest BCUT2D eigenvalue weighted by Gasteiger charge is 2.11. The van der Waals surface area contributed by atoms with E-state index in [1.807, 2.05) is 6.07 Å². The summed E-state index contributed by atoms with van der Waals surface area (Å²) in [7, 11) is 0. The lowest BCUT2D eigenvalue weighted by molar-refractivity contribution is -0.137. The zero-order valence-corrected chi connectivity index (χ0v) is 6.50. The lowest BCUT2D eigenvalue weighted by atomic mass is 9.99. The molecule has 0 heterocycles. The Kier molecular flexibility index (Phi) is 3.97. The van der Waals surface area contributed by atoms with Gasteiger partial charge in [-0.25, -0.2) is 0 Å². The molecule has 0 amide bonds. The number of carboxylic acids is 1. The number of nitriles is 1. The van der Waals surface area contributed by atoms with Gasteiger partial charge in [-0.3, -0.25) is 4.79 Å². The molecular formula is C8H11NO2. The van der Waals surface area contributed by atoms with E-state index in [1.165, 1.54) is 0 Å². The molecule has 1 atom stereocenters. The largest absolute Gasteiger partial charge is 0.481 e. The Balaban J connectivity index is 3.89. The first-order chi connectivity index (χ1) is 5.06. The van der Waals surface area contributed by atoms with E-state index in [4.69, 9.17) is 10.4 Å². The molecule has 0 aromatic heterocycles. The van der Waals surface area contributed by atoms with Crippen molar-refractivity contribution in [2.24, 2.45) is 5.92 Å². The summed E-state index contributed by atoms with van der Waals surface area (Å²) in [5.74, 6) is -1.36. The number of allylic oxidation sites excluding steroid dienone is 1. The van der Waals surface area contributed by atoms with Crippen LogP contribution in [0.4, 0.5) is 0 Å². The minimum absolute atomic E-state index is 0.0939. The van der Waals surface area contributed by atoms with E-state index < -0.39 is 11.9 Å². The Bertz CT molecular complexity index is 187. The van der Waals surface area contributed by atoms with Crippen molar-refractivity contribution < 1.29 is 9.90 Å². The van der Waals surface area contributed by atoms with Gasteiger partial charge in [0.2, 0.25) is 0 Å². The summed E-state index contributed by atoms with van der Waals surface area (Å²) in [6.45, 7) is 5.39. The standard InChI is InChI=1S/C8H11NO2/c1-6(2)3-7(5-9)4-8(10)11/h7H,1,3-4H2,2H3,(H,10,11). The molecule has 0 aliphatic rings. The number of carboxylic acid groups (broad SMARTS) is 1.